The lowest BCUT2D eigenvalue weighted by molar-refractivity contribution is -0.140. The van der Waals surface area contributed by atoms with E-state index < -0.39 is 6.04 Å². The molecule has 5 nitrogen and oxygen atoms in total. The van der Waals surface area contributed by atoms with Crippen molar-refractivity contribution >= 4 is 23.6 Å². The van der Waals surface area contributed by atoms with Crippen molar-refractivity contribution in [2.75, 3.05) is 19.4 Å². The summed E-state index contributed by atoms with van der Waals surface area (Å²) in [6.07, 6.45) is 0.367. The molecule has 0 fully saturated rings. The summed E-state index contributed by atoms with van der Waals surface area (Å²) >= 11 is 1.65. The molecule has 0 unspecified atom stereocenters. The number of thioether (sulfide) groups is 1. The summed E-state index contributed by atoms with van der Waals surface area (Å²) in [5.74, 6) is 1.22. The molecule has 2 amide bonds. The summed E-state index contributed by atoms with van der Waals surface area (Å²) in [4.78, 5) is 28.2. The lowest BCUT2D eigenvalue weighted by atomic mass is 10.1. The van der Waals surface area contributed by atoms with Crippen LogP contribution in [0, 0.1) is 6.92 Å². The standard InChI is InChI=1S/C23H30N2O3S/c1-5-24-23(27)18(3)25(16-19-7-6-8-20(15-19)28-4)22(26)13-14-29-21-11-9-17(2)10-12-21/h6-12,15,18H,5,13-14,16H2,1-4H3,(H,24,27)/t18-/m1/s1. The lowest BCUT2D eigenvalue weighted by Gasteiger charge is -2.29. The largest absolute Gasteiger partial charge is 0.497 e. The van der Waals surface area contributed by atoms with Gasteiger partial charge in [0.2, 0.25) is 11.8 Å². The van der Waals surface area contributed by atoms with Gasteiger partial charge in [-0.15, -0.1) is 11.8 Å². The third kappa shape index (κ3) is 7.13. The van der Waals surface area contributed by atoms with Gasteiger partial charge in [-0.2, -0.15) is 0 Å². The molecule has 0 saturated carbocycles. The maximum absolute atomic E-state index is 13.0. The highest BCUT2D eigenvalue weighted by molar-refractivity contribution is 7.99. The van der Waals surface area contributed by atoms with Crippen LogP contribution in [0.15, 0.2) is 53.4 Å². The Hall–Kier alpha value is -2.47. The number of hydrogen-bond donors (Lipinski definition) is 1. The first kappa shape index (κ1) is 22.8. The number of likely N-dealkylation sites (N-methyl/N-ethyl adjacent to an activating group) is 1. The minimum absolute atomic E-state index is 0.0359. The molecule has 29 heavy (non-hydrogen) atoms. The molecule has 0 aliphatic rings. The number of nitrogens with zero attached hydrogens (tertiary/aromatic N) is 1. The van der Waals surface area contributed by atoms with Crippen molar-refractivity contribution < 1.29 is 14.3 Å². The summed E-state index contributed by atoms with van der Waals surface area (Å²) in [5.41, 5.74) is 2.14. The Morgan fingerprint density at radius 3 is 2.55 bits per heavy atom. The van der Waals surface area contributed by atoms with E-state index in [4.69, 9.17) is 4.74 Å². The second-order valence-corrected chi connectivity index (χ2v) is 8.02. The van der Waals surface area contributed by atoms with E-state index in [0.29, 0.717) is 25.3 Å². The first-order valence-electron chi connectivity index (χ1n) is 9.84. The molecule has 0 heterocycles. The van der Waals surface area contributed by atoms with Crippen LogP contribution in [0.5, 0.6) is 5.75 Å². The average Bonchev–Trinajstić information content (AvgIpc) is 2.73. The topological polar surface area (TPSA) is 58.6 Å². The van der Waals surface area contributed by atoms with Crippen molar-refractivity contribution in [3.8, 4) is 5.75 Å². The van der Waals surface area contributed by atoms with Gasteiger partial charge in [-0.3, -0.25) is 9.59 Å². The molecule has 0 aromatic heterocycles. The Labute approximate surface area is 177 Å². The van der Waals surface area contributed by atoms with E-state index in [1.54, 1.807) is 30.7 Å². The number of hydrogen-bond acceptors (Lipinski definition) is 4. The number of ether oxygens (including phenoxy) is 1. The molecular formula is C23H30N2O3S. The molecule has 2 aromatic rings. The maximum Gasteiger partial charge on any atom is 0.242 e. The van der Waals surface area contributed by atoms with Crippen molar-refractivity contribution in [1.82, 2.24) is 10.2 Å². The van der Waals surface area contributed by atoms with Gasteiger partial charge in [0.1, 0.15) is 11.8 Å². The molecule has 2 rings (SSSR count). The third-order valence-corrected chi connectivity index (χ3v) is 5.62. The molecule has 1 atom stereocenters. The van der Waals surface area contributed by atoms with Crippen molar-refractivity contribution in [1.29, 1.82) is 0 Å². The number of aryl methyl sites for hydroxylation is 1. The van der Waals surface area contributed by atoms with E-state index in [9.17, 15) is 9.59 Å². The summed E-state index contributed by atoms with van der Waals surface area (Å²) in [6, 6.07) is 15.3. The number of methoxy groups -OCH3 is 1. The molecule has 0 saturated heterocycles. The highest BCUT2D eigenvalue weighted by Gasteiger charge is 2.25. The molecule has 0 bridgehead atoms. The zero-order valence-corrected chi connectivity index (χ0v) is 18.4. The molecule has 1 N–H and O–H groups in total. The van der Waals surface area contributed by atoms with Gasteiger partial charge in [-0.1, -0.05) is 29.8 Å². The maximum atomic E-state index is 13.0. The van der Waals surface area contributed by atoms with Crippen LogP contribution in [0.3, 0.4) is 0 Å². The Balaban J connectivity index is 2.06. The van der Waals surface area contributed by atoms with E-state index >= 15 is 0 Å². The van der Waals surface area contributed by atoms with Gasteiger partial charge in [0.05, 0.1) is 7.11 Å². The number of carbonyl (C=O) groups is 2. The second kappa shape index (κ2) is 11.5. The fraction of sp³-hybridized carbons (Fsp3) is 0.391. The highest BCUT2D eigenvalue weighted by atomic mass is 32.2. The fourth-order valence-electron chi connectivity index (χ4n) is 2.91. The van der Waals surface area contributed by atoms with Gasteiger partial charge < -0.3 is 15.0 Å². The van der Waals surface area contributed by atoms with Crippen LogP contribution in [-0.2, 0) is 16.1 Å². The minimum Gasteiger partial charge on any atom is -0.497 e. The third-order valence-electron chi connectivity index (χ3n) is 4.61. The van der Waals surface area contributed by atoms with E-state index in [-0.39, 0.29) is 11.8 Å². The van der Waals surface area contributed by atoms with E-state index in [2.05, 4.69) is 36.5 Å². The van der Waals surface area contributed by atoms with Crippen LogP contribution >= 0.6 is 11.8 Å². The van der Waals surface area contributed by atoms with Gasteiger partial charge in [-0.25, -0.2) is 0 Å². The first-order valence-corrected chi connectivity index (χ1v) is 10.8. The van der Waals surface area contributed by atoms with Crippen molar-refractivity contribution in [3.63, 3.8) is 0 Å². The zero-order valence-electron chi connectivity index (χ0n) is 17.6. The monoisotopic (exact) mass is 414 g/mol. The Kier molecular flexibility index (Phi) is 9.06. The quantitative estimate of drug-likeness (QED) is 0.596. The molecule has 0 spiro atoms. The second-order valence-electron chi connectivity index (χ2n) is 6.86. The van der Waals surface area contributed by atoms with Gasteiger partial charge >= 0.3 is 0 Å². The van der Waals surface area contributed by atoms with Crippen molar-refractivity contribution in [3.05, 3.63) is 59.7 Å². The normalized spacial score (nSPS) is 11.6. The van der Waals surface area contributed by atoms with E-state index in [0.717, 1.165) is 16.2 Å². The Bertz CT molecular complexity index is 808. The van der Waals surface area contributed by atoms with Crippen LogP contribution in [0.25, 0.3) is 0 Å². The molecule has 0 aliphatic carbocycles. The summed E-state index contributed by atoms with van der Waals surface area (Å²) < 4.78 is 5.28. The van der Waals surface area contributed by atoms with Gasteiger partial charge in [0, 0.05) is 30.2 Å². The van der Waals surface area contributed by atoms with Crippen LogP contribution in [0.4, 0.5) is 0 Å². The lowest BCUT2D eigenvalue weighted by Crippen LogP contribution is -2.47. The summed E-state index contributed by atoms with van der Waals surface area (Å²) in [6.45, 7) is 6.60. The SMILES string of the molecule is CCNC(=O)[C@@H](C)N(Cc1cccc(OC)c1)C(=O)CCSc1ccc(C)cc1. The number of nitrogens with one attached hydrogen (secondary N) is 1. The molecule has 156 valence electrons. The molecular weight excluding hydrogens is 384 g/mol. The van der Waals surface area contributed by atoms with Crippen LogP contribution in [0.2, 0.25) is 0 Å². The van der Waals surface area contributed by atoms with Crippen molar-refractivity contribution in [2.24, 2.45) is 0 Å². The van der Waals surface area contributed by atoms with Gasteiger partial charge in [0.15, 0.2) is 0 Å². The first-order chi connectivity index (χ1) is 13.9. The molecule has 2 aromatic carbocycles. The Morgan fingerprint density at radius 1 is 1.17 bits per heavy atom. The number of carbonyl (C=O) groups excluding carboxylic acids is 2. The van der Waals surface area contributed by atoms with E-state index in [1.165, 1.54) is 5.56 Å². The number of rotatable bonds is 10. The van der Waals surface area contributed by atoms with Gasteiger partial charge in [-0.05, 0) is 50.6 Å². The number of amides is 2. The highest BCUT2D eigenvalue weighted by Crippen LogP contribution is 2.21. The molecule has 0 aliphatic heterocycles. The average molecular weight is 415 g/mol. The smallest absolute Gasteiger partial charge is 0.242 e. The van der Waals surface area contributed by atoms with Crippen LogP contribution in [0.1, 0.15) is 31.4 Å². The molecule has 6 heteroatoms. The van der Waals surface area contributed by atoms with E-state index in [1.807, 2.05) is 31.2 Å². The summed E-state index contributed by atoms with van der Waals surface area (Å²) in [5, 5.41) is 2.81. The number of benzene rings is 2. The minimum atomic E-state index is -0.543. The summed E-state index contributed by atoms with van der Waals surface area (Å²) in [7, 11) is 1.61. The van der Waals surface area contributed by atoms with Crippen LogP contribution < -0.4 is 10.1 Å². The van der Waals surface area contributed by atoms with Gasteiger partial charge in [0.25, 0.3) is 0 Å². The van der Waals surface area contributed by atoms with Crippen LogP contribution in [-0.4, -0.2) is 42.2 Å². The Morgan fingerprint density at radius 2 is 1.90 bits per heavy atom. The van der Waals surface area contributed by atoms with Crippen molar-refractivity contribution in [2.45, 2.75) is 44.7 Å². The predicted octanol–water partition coefficient (Wildman–Crippen LogP) is 4.04. The predicted molar refractivity (Wildman–Crippen MR) is 118 cm³/mol. The fourth-order valence-corrected chi connectivity index (χ4v) is 3.75. The zero-order chi connectivity index (χ0) is 21.2. The molecule has 0 radical (unpaired) electrons.